The SMILES string of the molecule is CCC(C)C(NC(=O)C(N)CCC(N)=O)C(=O)NC(CCCN=C(N)N)C(=O)NC(C(=O)O)C(C)O. The van der Waals surface area contributed by atoms with Crippen molar-refractivity contribution in [3.8, 4) is 0 Å². The van der Waals surface area contributed by atoms with Crippen LogP contribution in [0.2, 0.25) is 0 Å². The summed E-state index contributed by atoms with van der Waals surface area (Å²) >= 11 is 0. The molecule has 0 saturated heterocycles. The Morgan fingerprint density at radius 1 is 0.889 bits per heavy atom. The number of hydrogen-bond donors (Lipinski definition) is 9. The number of rotatable bonds is 17. The second-order valence-electron chi connectivity index (χ2n) is 8.56. The Morgan fingerprint density at radius 2 is 1.47 bits per heavy atom. The maximum absolute atomic E-state index is 13.1. The van der Waals surface area contributed by atoms with E-state index in [0.717, 1.165) is 0 Å². The van der Waals surface area contributed by atoms with E-state index in [1.807, 2.05) is 0 Å². The average Bonchev–Trinajstić information content (AvgIpc) is 2.79. The number of nitrogens with zero attached hydrogens (tertiary/aromatic N) is 1. The molecule has 0 fully saturated rings. The number of primary amides is 1. The van der Waals surface area contributed by atoms with Crippen LogP contribution < -0.4 is 38.9 Å². The fourth-order valence-corrected chi connectivity index (χ4v) is 3.07. The van der Waals surface area contributed by atoms with Crippen LogP contribution in [-0.2, 0) is 24.0 Å². The molecule has 0 saturated carbocycles. The van der Waals surface area contributed by atoms with Crippen molar-refractivity contribution in [3.05, 3.63) is 0 Å². The van der Waals surface area contributed by atoms with Crippen molar-refractivity contribution >= 4 is 35.6 Å². The minimum Gasteiger partial charge on any atom is -0.480 e. The number of carbonyl (C=O) groups is 5. The first-order chi connectivity index (χ1) is 16.7. The zero-order valence-corrected chi connectivity index (χ0v) is 20.9. The smallest absolute Gasteiger partial charge is 0.328 e. The molecule has 6 unspecified atom stereocenters. The van der Waals surface area contributed by atoms with Crippen molar-refractivity contribution in [1.82, 2.24) is 16.0 Å². The number of aliphatic imine (C=N–C) groups is 1. The van der Waals surface area contributed by atoms with Crippen molar-refractivity contribution in [2.45, 2.75) is 83.1 Å². The number of carboxylic acid groups (broad SMARTS) is 1. The van der Waals surface area contributed by atoms with E-state index in [9.17, 15) is 34.2 Å². The molecule has 0 aliphatic heterocycles. The topological polar surface area (TPSA) is 278 Å². The van der Waals surface area contributed by atoms with Gasteiger partial charge >= 0.3 is 5.97 Å². The second kappa shape index (κ2) is 16.3. The number of aliphatic hydroxyl groups excluding tert-OH is 1. The van der Waals surface area contributed by atoms with E-state index in [1.54, 1.807) is 13.8 Å². The van der Waals surface area contributed by atoms with Crippen molar-refractivity contribution in [1.29, 1.82) is 0 Å². The number of nitrogens with one attached hydrogen (secondary N) is 3. The monoisotopic (exact) mass is 516 g/mol. The van der Waals surface area contributed by atoms with Crippen molar-refractivity contribution in [3.63, 3.8) is 0 Å². The molecule has 0 aromatic heterocycles. The van der Waals surface area contributed by atoms with E-state index < -0.39 is 59.9 Å². The summed E-state index contributed by atoms with van der Waals surface area (Å²) in [6.45, 7) is 4.84. The van der Waals surface area contributed by atoms with Gasteiger partial charge in [-0.1, -0.05) is 20.3 Å². The van der Waals surface area contributed by atoms with Crippen molar-refractivity contribution in [2.24, 2.45) is 33.8 Å². The summed E-state index contributed by atoms with van der Waals surface area (Å²) in [5.74, 6) is -4.84. The molecule has 0 heterocycles. The van der Waals surface area contributed by atoms with E-state index in [4.69, 9.17) is 22.9 Å². The molecule has 0 spiro atoms. The molecule has 13 N–H and O–H groups in total. The van der Waals surface area contributed by atoms with Gasteiger partial charge in [0.25, 0.3) is 0 Å². The van der Waals surface area contributed by atoms with Crippen LogP contribution >= 0.6 is 0 Å². The first-order valence-electron chi connectivity index (χ1n) is 11.6. The highest BCUT2D eigenvalue weighted by atomic mass is 16.4. The Morgan fingerprint density at radius 3 is 1.94 bits per heavy atom. The lowest BCUT2D eigenvalue weighted by molar-refractivity contribution is -0.145. The lowest BCUT2D eigenvalue weighted by atomic mass is 9.96. The number of carboxylic acids is 1. The zero-order chi connectivity index (χ0) is 28.0. The maximum Gasteiger partial charge on any atom is 0.328 e. The Balaban J connectivity index is 5.65. The Bertz CT molecular complexity index is 801. The molecular formula is C21H40N8O7. The third-order valence-electron chi connectivity index (χ3n) is 5.46. The van der Waals surface area contributed by atoms with Crippen LogP contribution in [0.15, 0.2) is 4.99 Å². The van der Waals surface area contributed by atoms with Gasteiger partial charge in [0.15, 0.2) is 12.0 Å². The molecule has 0 aromatic carbocycles. The third kappa shape index (κ3) is 12.3. The first kappa shape index (κ1) is 32.5. The van der Waals surface area contributed by atoms with E-state index in [2.05, 4.69) is 20.9 Å². The first-order valence-corrected chi connectivity index (χ1v) is 11.6. The molecule has 15 nitrogen and oxygen atoms in total. The summed E-state index contributed by atoms with van der Waals surface area (Å²) < 4.78 is 0. The molecule has 36 heavy (non-hydrogen) atoms. The third-order valence-corrected chi connectivity index (χ3v) is 5.46. The zero-order valence-electron chi connectivity index (χ0n) is 20.9. The van der Waals surface area contributed by atoms with Gasteiger partial charge in [-0.25, -0.2) is 4.79 Å². The maximum atomic E-state index is 13.1. The number of carbonyl (C=O) groups excluding carboxylic acids is 4. The number of aliphatic hydroxyl groups is 1. The highest BCUT2D eigenvalue weighted by Crippen LogP contribution is 2.11. The van der Waals surface area contributed by atoms with Gasteiger partial charge in [-0.2, -0.15) is 0 Å². The Labute approximate surface area is 209 Å². The van der Waals surface area contributed by atoms with Crippen LogP contribution in [0.4, 0.5) is 0 Å². The van der Waals surface area contributed by atoms with Crippen molar-refractivity contribution < 1.29 is 34.2 Å². The fraction of sp³-hybridized carbons (Fsp3) is 0.714. The summed E-state index contributed by atoms with van der Waals surface area (Å²) in [5.41, 5.74) is 21.5. The molecule has 4 amide bonds. The number of hydrogen-bond acceptors (Lipinski definition) is 8. The van der Waals surface area contributed by atoms with Gasteiger partial charge in [0, 0.05) is 13.0 Å². The summed E-state index contributed by atoms with van der Waals surface area (Å²) in [7, 11) is 0. The number of guanidine groups is 1. The largest absolute Gasteiger partial charge is 0.480 e. The summed E-state index contributed by atoms with van der Waals surface area (Å²) in [6, 6.07) is -5.00. The predicted octanol–water partition coefficient (Wildman–Crippen LogP) is -3.40. The van der Waals surface area contributed by atoms with Gasteiger partial charge in [0.1, 0.15) is 12.1 Å². The number of nitrogens with two attached hydrogens (primary N) is 4. The molecule has 0 aliphatic carbocycles. The minimum absolute atomic E-state index is 0.0121. The standard InChI is InChI=1S/C21H40N8O7/c1-4-10(2)15(28-17(32)12(22)7-8-14(23)31)19(34)27-13(6-5-9-26-21(24)25)18(33)29-16(11(3)30)20(35)36/h10-13,15-16,30H,4-9,22H2,1-3H3,(H2,23,31)(H,27,34)(H,28,32)(H,29,33)(H,35,36)(H4,24,25,26). The van der Waals surface area contributed by atoms with E-state index in [0.29, 0.717) is 6.42 Å². The summed E-state index contributed by atoms with van der Waals surface area (Å²) in [4.78, 5) is 64.6. The molecule has 15 heteroatoms. The van der Waals surface area contributed by atoms with Crippen LogP contribution in [0.3, 0.4) is 0 Å². The van der Waals surface area contributed by atoms with Gasteiger partial charge in [0.05, 0.1) is 12.1 Å². The Hall–Kier alpha value is -3.46. The van der Waals surface area contributed by atoms with Gasteiger partial charge < -0.3 is 49.1 Å². The lowest BCUT2D eigenvalue weighted by Crippen LogP contribution is -2.59. The van der Waals surface area contributed by atoms with Crippen molar-refractivity contribution in [2.75, 3.05) is 6.54 Å². The van der Waals surface area contributed by atoms with E-state index in [1.165, 1.54) is 6.92 Å². The second-order valence-corrected chi connectivity index (χ2v) is 8.56. The van der Waals surface area contributed by atoms with E-state index >= 15 is 0 Å². The molecule has 0 aromatic rings. The quantitative estimate of drug-likeness (QED) is 0.0524. The normalized spacial score (nSPS) is 15.8. The molecular weight excluding hydrogens is 476 g/mol. The van der Waals surface area contributed by atoms with E-state index in [-0.39, 0.29) is 44.1 Å². The van der Waals surface area contributed by atoms with Crippen LogP contribution in [0.1, 0.15) is 52.9 Å². The molecule has 0 rings (SSSR count). The number of aliphatic carboxylic acids is 1. The lowest BCUT2D eigenvalue weighted by Gasteiger charge is -2.28. The molecule has 0 aliphatic rings. The van der Waals surface area contributed by atoms with Crippen LogP contribution in [0.5, 0.6) is 0 Å². The van der Waals surface area contributed by atoms with Gasteiger partial charge in [0.2, 0.25) is 23.6 Å². The molecule has 6 atom stereocenters. The summed E-state index contributed by atoms with van der Waals surface area (Å²) in [6.07, 6.45) is -0.763. The highest BCUT2D eigenvalue weighted by molar-refractivity contribution is 5.94. The average molecular weight is 517 g/mol. The molecule has 0 radical (unpaired) electrons. The predicted molar refractivity (Wildman–Crippen MR) is 131 cm³/mol. The summed E-state index contributed by atoms with van der Waals surface area (Å²) in [5, 5.41) is 26.2. The van der Waals surface area contributed by atoms with Crippen LogP contribution in [0, 0.1) is 5.92 Å². The number of amides is 4. The molecule has 206 valence electrons. The van der Waals surface area contributed by atoms with Crippen LogP contribution in [-0.4, -0.2) is 82.6 Å². The Kier molecular flexibility index (Phi) is 14.7. The van der Waals surface area contributed by atoms with Gasteiger partial charge in [-0.15, -0.1) is 0 Å². The highest BCUT2D eigenvalue weighted by Gasteiger charge is 2.33. The molecule has 0 bridgehead atoms. The van der Waals surface area contributed by atoms with Gasteiger partial charge in [-0.05, 0) is 32.1 Å². The fourth-order valence-electron chi connectivity index (χ4n) is 3.07. The van der Waals surface area contributed by atoms with Crippen LogP contribution in [0.25, 0.3) is 0 Å². The van der Waals surface area contributed by atoms with Gasteiger partial charge in [-0.3, -0.25) is 24.2 Å². The minimum atomic E-state index is -1.61.